The van der Waals surface area contributed by atoms with E-state index in [1.54, 1.807) is 31.2 Å². The molecule has 4 heteroatoms. The first-order valence-corrected chi connectivity index (χ1v) is 8.18. The summed E-state index contributed by atoms with van der Waals surface area (Å²) in [5.41, 5.74) is 1.08. The maximum atomic E-state index is 12.3. The quantitative estimate of drug-likeness (QED) is 0.739. The number of rotatable bonds is 5. The normalized spacial score (nSPS) is 11.9. The maximum absolute atomic E-state index is 12.3. The van der Waals surface area contributed by atoms with Gasteiger partial charge in [-0.05, 0) is 41.5 Å². The van der Waals surface area contributed by atoms with Crippen LogP contribution in [0.1, 0.15) is 12.5 Å². The molecule has 3 aromatic carbocycles. The third-order valence-corrected chi connectivity index (χ3v) is 4.05. The molecule has 1 amide bonds. The van der Waals surface area contributed by atoms with E-state index in [-0.39, 0.29) is 5.91 Å². The summed E-state index contributed by atoms with van der Waals surface area (Å²) in [6.07, 6.45) is -0.599. The minimum absolute atomic E-state index is 0.164. The van der Waals surface area contributed by atoms with Gasteiger partial charge in [0.05, 0.1) is 0 Å². The molecule has 0 spiro atoms. The average molecular weight is 340 g/mol. The summed E-state index contributed by atoms with van der Waals surface area (Å²) in [4.78, 5) is 12.3. The smallest absolute Gasteiger partial charge is 0.261 e. The van der Waals surface area contributed by atoms with Crippen LogP contribution < -0.4 is 10.1 Å². The highest BCUT2D eigenvalue weighted by Crippen LogP contribution is 2.19. The number of fused-ring (bicyclic) bond motifs is 1. The molecule has 1 N–H and O–H groups in total. The minimum Gasteiger partial charge on any atom is -0.481 e. The van der Waals surface area contributed by atoms with E-state index in [0.717, 1.165) is 16.3 Å². The van der Waals surface area contributed by atoms with Gasteiger partial charge in [0.25, 0.3) is 5.91 Å². The molecule has 0 fully saturated rings. The Hall–Kier alpha value is -2.52. The van der Waals surface area contributed by atoms with Crippen molar-refractivity contribution in [1.29, 1.82) is 0 Å². The third-order valence-electron chi connectivity index (χ3n) is 3.81. The predicted octanol–water partition coefficient (Wildman–Crippen LogP) is 4.58. The van der Waals surface area contributed by atoms with E-state index in [2.05, 4.69) is 23.5 Å². The Bertz CT molecular complexity index is 858. The van der Waals surface area contributed by atoms with Crippen molar-refractivity contribution in [2.45, 2.75) is 19.6 Å². The fourth-order valence-corrected chi connectivity index (χ4v) is 2.75. The van der Waals surface area contributed by atoms with Gasteiger partial charge in [0.2, 0.25) is 0 Å². The minimum atomic E-state index is -0.599. The van der Waals surface area contributed by atoms with Crippen molar-refractivity contribution in [2.24, 2.45) is 0 Å². The molecule has 0 aliphatic carbocycles. The molecule has 0 heterocycles. The molecule has 1 unspecified atom stereocenters. The van der Waals surface area contributed by atoms with Gasteiger partial charge in [-0.3, -0.25) is 4.79 Å². The number of hydrogen-bond donors (Lipinski definition) is 1. The van der Waals surface area contributed by atoms with Crippen LogP contribution in [-0.4, -0.2) is 12.0 Å². The highest BCUT2D eigenvalue weighted by molar-refractivity contribution is 6.30. The number of amides is 1. The summed E-state index contributed by atoms with van der Waals surface area (Å²) >= 11 is 5.92. The lowest BCUT2D eigenvalue weighted by Crippen LogP contribution is -2.35. The van der Waals surface area contributed by atoms with Crippen LogP contribution >= 0.6 is 11.6 Å². The topological polar surface area (TPSA) is 38.3 Å². The number of carbonyl (C=O) groups excluding carboxylic acids is 1. The zero-order valence-electron chi connectivity index (χ0n) is 13.3. The molecule has 0 aliphatic rings. The number of nitrogens with one attached hydrogen (secondary N) is 1. The SMILES string of the molecule is CC(Oc1cccc(Cl)c1)C(=O)NCc1cccc2ccccc12. The Morgan fingerprint density at radius 1 is 1.08 bits per heavy atom. The van der Waals surface area contributed by atoms with Crippen molar-refractivity contribution < 1.29 is 9.53 Å². The van der Waals surface area contributed by atoms with Crippen molar-refractivity contribution >= 4 is 28.3 Å². The Morgan fingerprint density at radius 3 is 2.67 bits per heavy atom. The highest BCUT2D eigenvalue weighted by Gasteiger charge is 2.14. The fourth-order valence-electron chi connectivity index (χ4n) is 2.57. The van der Waals surface area contributed by atoms with E-state index in [9.17, 15) is 4.79 Å². The molecular formula is C20H18ClNO2. The van der Waals surface area contributed by atoms with E-state index in [1.165, 1.54) is 0 Å². The predicted molar refractivity (Wildman–Crippen MR) is 97.3 cm³/mol. The van der Waals surface area contributed by atoms with E-state index in [4.69, 9.17) is 16.3 Å². The van der Waals surface area contributed by atoms with Crippen molar-refractivity contribution in [3.63, 3.8) is 0 Å². The van der Waals surface area contributed by atoms with Gasteiger partial charge in [-0.15, -0.1) is 0 Å². The second-order valence-electron chi connectivity index (χ2n) is 5.57. The van der Waals surface area contributed by atoms with Crippen molar-refractivity contribution in [2.75, 3.05) is 0 Å². The van der Waals surface area contributed by atoms with Gasteiger partial charge >= 0.3 is 0 Å². The van der Waals surface area contributed by atoms with Crippen LogP contribution in [0.3, 0.4) is 0 Å². The third kappa shape index (κ3) is 3.87. The monoisotopic (exact) mass is 339 g/mol. The van der Waals surface area contributed by atoms with E-state index >= 15 is 0 Å². The Kier molecular flexibility index (Phi) is 5.02. The Labute approximate surface area is 146 Å². The van der Waals surface area contributed by atoms with Crippen LogP contribution in [0.25, 0.3) is 10.8 Å². The molecule has 3 rings (SSSR count). The summed E-state index contributed by atoms with van der Waals surface area (Å²) in [5, 5.41) is 5.81. The van der Waals surface area contributed by atoms with E-state index < -0.39 is 6.10 Å². The number of hydrogen-bond acceptors (Lipinski definition) is 2. The van der Waals surface area contributed by atoms with Crippen molar-refractivity contribution in [1.82, 2.24) is 5.32 Å². The van der Waals surface area contributed by atoms with Gasteiger partial charge in [0, 0.05) is 11.6 Å². The summed E-state index contributed by atoms with van der Waals surface area (Å²) in [6.45, 7) is 2.18. The second kappa shape index (κ2) is 7.37. The lowest BCUT2D eigenvalue weighted by molar-refractivity contribution is -0.127. The first-order chi connectivity index (χ1) is 11.6. The lowest BCUT2D eigenvalue weighted by Gasteiger charge is -2.15. The summed E-state index contributed by atoms with van der Waals surface area (Å²) in [5.74, 6) is 0.415. The maximum Gasteiger partial charge on any atom is 0.261 e. The van der Waals surface area contributed by atoms with Gasteiger partial charge in [0.1, 0.15) is 5.75 Å². The molecule has 0 bridgehead atoms. The van der Waals surface area contributed by atoms with E-state index in [1.807, 2.05) is 24.3 Å². The van der Waals surface area contributed by atoms with Crippen molar-refractivity contribution in [3.8, 4) is 5.75 Å². The molecule has 3 aromatic rings. The first-order valence-electron chi connectivity index (χ1n) is 7.80. The van der Waals surface area contributed by atoms with Crippen LogP contribution in [0.2, 0.25) is 5.02 Å². The Balaban J connectivity index is 1.64. The van der Waals surface area contributed by atoms with Gasteiger partial charge in [-0.2, -0.15) is 0 Å². The second-order valence-corrected chi connectivity index (χ2v) is 6.01. The molecule has 24 heavy (non-hydrogen) atoms. The lowest BCUT2D eigenvalue weighted by atomic mass is 10.0. The average Bonchev–Trinajstić information content (AvgIpc) is 2.59. The van der Waals surface area contributed by atoms with Gasteiger partial charge in [-0.1, -0.05) is 60.1 Å². The van der Waals surface area contributed by atoms with Crippen LogP contribution in [0.5, 0.6) is 5.75 Å². The molecule has 0 radical (unpaired) electrons. The van der Waals surface area contributed by atoms with Crippen LogP contribution in [0, 0.1) is 0 Å². The van der Waals surface area contributed by atoms with Gasteiger partial charge in [-0.25, -0.2) is 0 Å². The zero-order valence-corrected chi connectivity index (χ0v) is 14.1. The van der Waals surface area contributed by atoms with Gasteiger partial charge in [0.15, 0.2) is 6.10 Å². The molecular weight excluding hydrogens is 322 g/mol. The number of carbonyl (C=O) groups is 1. The van der Waals surface area contributed by atoms with E-state index in [0.29, 0.717) is 17.3 Å². The van der Waals surface area contributed by atoms with Crippen molar-refractivity contribution in [3.05, 3.63) is 77.3 Å². The summed E-state index contributed by atoms with van der Waals surface area (Å²) in [7, 11) is 0. The summed E-state index contributed by atoms with van der Waals surface area (Å²) in [6, 6.07) is 21.2. The molecule has 122 valence electrons. The fraction of sp³-hybridized carbons (Fsp3) is 0.150. The Morgan fingerprint density at radius 2 is 1.83 bits per heavy atom. The molecule has 0 saturated carbocycles. The molecule has 0 aromatic heterocycles. The number of halogens is 1. The molecule has 0 aliphatic heterocycles. The van der Waals surface area contributed by atoms with Crippen LogP contribution in [-0.2, 0) is 11.3 Å². The number of benzene rings is 3. The molecule has 0 saturated heterocycles. The van der Waals surface area contributed by atoms with Crippen LogP contribution in [0.15, 0.2) is 66.7 Å². The number of ether oxygens (including phenoxy) is 1. The zero-order chi connectivity index (χ0) is 16.9. The molecule has 3 nitrogen and oxygen atoms in total. The summed E-state index contributed by atoms with van der Waals surface area (Å²) < 4.78 is 5.64. The first kappa shape index (κ1) is 16.3. The standard InChI is InChI=1S/C20H18ClNO2/c1-14(24-18-10-5-9-17(21)12-18)20(23)22-13-16-8-4-7-15-6-2-3-11-19(15)16/h2-12,14H,13H2,1H3,(H,22,23). The molecule has 1 atom stereocenters. The van der Waals surface area contributed by atoms with Gasteiger partial charge < -0.3 is 10.1 Å². The largest absolute Gasteiger partial charge is 0.481 e. The highest BCUT2D eigenvalue weighted by atomic mass is 35.5. The van der Waals surface area contributed by atoms with Crippen LogP contribution in [0.4, 0.5) is 0 Å².